The molecule has 2 saturated heterocycles. The summed E-state index contributed by atoms with van der Waals surface area (Å²) in [6.07, 6.45) is 3.17. The number of anilines is 2. The lowest BCUT2D eigenvalue weighted by Gasteiger charge is -2.34. The fourth-order valence-electron chi connectivity index (χ4n) is 4.22. The fraction of sp³-hybridized carbons (Fsp3) is 0.520. The van der Waals surface area contributed by atoms with E-state index >= 15 is 0 Å². The van der Waals surface area contributed by atoms with Crippen molar-refractivity contribution in [3.8, 4) is 0 Å². The molecule has 8 heteroatoms. The van der Waals surface area contributed by atoms with E-state index in [2.05, 4.69) is 27.6 Å². The molecule has 2 fully saturated rings. The molecule has 2 amide bonds. The number of hydrogen-bond donors (Lipinski definition) is 1. The van der Waals surface area contributed by atoms with Gasteiger partial charge in [-0.3, -0.25) is 9.69 Å². The third-order valence-electron chi connectivity index (χ3n) is 6.23. The van der Waals surface area contributed by atoms with Crippen LogP contribution in [0.5, 0.6) is 0 Å². The minimum atomic E-state index is -0.482. The van der Waals surface area contributed by atoms with Gasteiger partial charge >= 0.3 is 6.09 Å². The highest BCUT2D eigenvalue weighted by Gasteiger charge is 2.33. The lowest BCUT2D eigenvalue weighted by Crippen LogP contribution is -2.51. The zero-order valence-corrected chi connectivity index (χ0v) is 19.9. The Morgan fingerprint density at radius 3 is 2.30 bits per heavy atom. The van der Waals surface area contributed by atoms with E-state index < -0.39 is 5.60 Å². The Kier molecular flexibility index (Phi) is 6.65. The molecule has 2 aliphatic heterocycles. The Labute approximate surface area is 195 Å². The first-order chi connectivity index (χ1) is 15.7. The van der Waals surface area contributed by atoms with Crippen molar-refractivity contribution in [3.63, 3.8) is 0 Å². The van der Waals surface area contributed by atoms with Gasteiger partial charge in [0.2, 0.25) is 5.91 Å². The van der Waals surface area contributed by atoms with Crippen LogP contribution in [-0.4, -0.2) is 58.9 Å². The normalized spacial score (nSPS) is 17.4. The quantitative estimate of drug-likeness (QED) is 0.761. The van der Waals surface area contributed by atoms with Crippen molar-refractivity contribution >= 4 is 23.5 Å². The summed E-state index contributed by atoms with van der Waals surface area (Å²) < 4.78 is 5.50. The van der Waals surface area contributed by atoms with Crippen molar-refractivity contribution in [2.24, 2.45) is 5.92 Å². The first kappa shape index (κ1) is 23.2. The van der Waals surface area contributed by atoms with Crippen LogP contribution in [-0.2, 0) is 9.53 Å². The van der Waals surface area contributed by atoms with Crippen LogP contribution in [0.2, 0.25) is 0 Å². The van der Waals surface area contributed by atoms with Crippen LogP contribution in [0.1, 0.15) is 50.7 Å². The van der Waals surface area contributed by atoms with Crippen LogP contribution in [0.15, 0.2) is 36.5 Å². The summed E-state index contributed by atoms with van der Waals surface area (Å²) in [4.78, 5) is 29.1. The highest BCUT2D eigenvalue weighted by atomic mass is 16.6. The maximum Gasteiger partial charge on any atom is 0.410 e. The molecule has 33 heavy (non-hydrogen) atoms. The van der Waals surface area contributed by atoms with Crippen LogP contribution < -0.4 is 10.2 Å². The van der Waals surface area contributed by atoms with Gasteiger partial charge < -0.3 is 15.0 Å². The van der Waals surface area contributed by atoms with Gasteiger partial charge in [0.05, 0.1) is 17.8 Å². The van der Waals surface area contributed by atoms with Crippen molar-refractivity contribution in [1.82, 2.24) is 20.4 Å². The Morgan fingerprint density at radius 2 is 1.76 bits per heavy atom. The van der Waals surface area contributed by atoms with E-state index in [1.165, 1.54) is 5.56 Å². The lowest BCUT2D eigenvalue weighted by atomic mass is 9.89. The Morgan fingerprint density at radius 1 is 1.09 bits per heavy atom. The molecule has 2 aliphatic rings. The van der Waals surface area contributed by atoms with E-state index in [1.54, 1.807) is 16.0 Å². The maximum absolute atomic E-state index is 13.2. The highest BCUT2D eigenvalue weighted by molar-refractivity contribution is 6.02. The number of ether oxygens (including phenoxy) is 1. The summed E-state index contributed by atoms with van der Waals surface area (Å²) in [5.74, 6) is 0.933. The molecule has 0 atom stereocenters. The number of piperidine rings is 1. The predicted octanol–water partition coefficient (Wildman–Crippen LogP) is 3.78. The van der Waals surface area contributed by atoms with Gasteiger partial charge in [-0.25, -0.2) is 4.79 Å². The zero-order chi connectivity index (χ0) is 23.6. The third kappa shape index (κ3) is 5.33. The van der Waals surface area contributed by atoms with Crippen molar-refractivity contribution in [1.29, 1.82) is 0 Å². The zero-order valence-electron chi connectivity index (χ0n) is 19.9. The van der Waals surface area contributed by atoms with E-state index in [-0.39, 0.29) is 17.9 Å². The number of amides is 2. The molecule has 1 aromatic carbocycles. The molecule has 4 rings (SSSR count). The Hall–Kier alpha value is -3.00. The summed E-state index contributed by atoms with van der Waals surface area (Å²) in [7, 11) is 0. The minimum absolute atomic E-state index is 0.0377. The second-order valence-electron chi connectivity index (χ2n) is 9.90. The molecular weight excluding hydrogens is 418 g/mol. The molecule has 8 nitrogen and oxygen atoms in total. The molecular formula is C25H33N5O3. The molecule has 0 spiro atoms. The van der Waals surface area contributed by atoms with Crippen LogP contribution in [0, 0.1) is 12.8 Å². The van der Waals surface area contributed by atoms with E-state index in [1.807, 2.05) is 45.9 Å². The lowest BCUT2D eigenvalue weighted by molar-refractivity contribution is -0.123. The molecule has 0 aliphatic carbocycles. The smallest absolute Gasteiger partial charge is 0.410 e. The Balaban J connectivity index is 1.47. The average Bonchev–Trinajstić information content (AvgIpc) is 2.73. The molecule has 2 aromatic rings. The van der Waals surface area contributed by atoms with E-state index in [0.29, 0.717) is 37.9 Å². The van der Waals surface area contributed by atoms with Gasteiger partial charge in [-0.1, -0.05) is 12.1 Å². The number of likely N-dealkylation sites (tertiary alicyclic amines) is 1. The summed E-state index contributed by atoms with van der Waals surface area (Å²) in [5, 5.41) is 11.4. The van der Waals surface area contributed by atoms with Crippen molar-refractivity contribution in [2.75, 3.05) is 31.1 Å². The number of nitrogens with one attached hydrogen (secondary N) is 1. The molecule has 176 valence electrons. The van der Waals surface area contributed by atoms with Gasteiger partial charge in [0.1, 0.15) is 5.60 Å². The molecule has 1 aromatic heterocycles. The molecule has 0 saturated carbocycles. The summed E-state index contributed by atoms with van der Waals surface area (Å²) >= 11 is 0. The van der Waals surface area contributed by atoms with Gasteiger partial charge in [-0.2, -0.15) is 5.10 Å². The maximum atomic E-state index is 13.2. The van der Waals surface area contributed by atoms with Gasteiger partial charge in [0, 0.05) is 26.2 Å². The number of rotatable bonds is 4. The van der Waals surface area contributed by atoms with Crippen LogP contribution in [0.4, 0.5) is 16.3 Å². The number of carbonyl (C=O) groups excluding carboxylic acids is 2. The van der Waals surface area contributed by atoms with Gasteiger partial charge in [0.15, 0.2) is 5.82 Å². The van der Waals surface area contributed by atoms with Crippen LogP contribution in [0.3, 0.4) is 0 Å². The summed E-state index contributed by atoms with van der Waals surface area (Å²) in [6.45, 7) is 10.3. The largest absolute Gasteiger partial charge is 0.444 e. The standard InChI is InChI=1S/C25H33N5O3/c1-17-9-12-27-28-22(17)30(23(31)20-15-26-16-20)21-7-5-18(6-8-21)19-10-13-29(14-11-19)24(32)33-25(2,3)4/h5-9,12,19-20,26H,10-11,13-16H2,1-4H3. The molecule has 0 radical (unpaired) electrons. The molecule has 0 bridgehead atoms. The molecule has 3 heterocycles. The molecule has 0 unspecified atom stereocenters. The Bertz CT molecular complexity index is 990. The number of aromatic nitrogens is 2. The van der Waals surface area contributed by atoms with Gasteiger partial charge in [0.25, 0.3) is 0 Å². The summed E-state index contributed by atoms with van der Waals surface area (Å²) in [5.41, 5.74) is 2.44. The van der Waals surface area contributed by atoms with Gasteiger partial charge in [-0.15, -0.1) is 5.10 Å². The second-order valence-corrected chi connectivity index (χ2v) is 9.90. The number of hydrogen-bond acceptors (Lipinski definition) is 6. The van der Waals surface area contributed by atoms with E-state index in [9.17, 15) is 9.59 Å². The fourth-order valence-corrected chi connectivity index (χ4v) is 4.22. The first-order valence-electron chi connectivity index (χ1n) is 11.6. The van der Waals surface area contributed by atoms with Crippen molar-refractivity contribution < 1.29 is 14.3 Å². The summed E-state index contributed by atoms with van der Waals surface area (Å²) in [6, 6.07) is 10.0. The first-order valence-corrected chi connectivity index (χ1v) is 11.6. The number of nitrogens with zero attached hydrogens (tertiary/aromatic N) is 4. The van der Waals surface area contributed by atoms with Crippen molar-refractivity contribution in [3.05, 3.63) is 47.7 Å². The number of benzene rings is 1. The third-order valence-corrected chi connectivity index (χ3v) is 6.23. The topological polar surface area (TPSA) is 87.7 Å². The monoisotopic (exact) mass is 451 g/mol. The second kappa shape index (κ2) is 9.47. The van der Waals surface area contributed by atoms with E-state index in [0.717, 1.165) is 24.1 Å². The van der Waals surface area contributed by atoms with Gasteiger partial charge in [-0.05, 0) is 75.8 Å². The number of aryl methyl sites for hydroxylation is 1. The van der Waals surface area contributed by atoms with Crippen LogP contribution >= 0.6 is 0 Å². The van der Waals surface area contributed by atoms with E-state index in [4.69, 9.17) is 4.74 Å². The van der Waals surface area contributed by atoms with Crippen LogP contribution in [0.25, 0.3) is 0 Å². The number of carbonyl (C=O) groups is 2. The molecule has 1 N–H and O–H groups in total. The highest BCUT2D eigenvalue weighted by Crippen LogP contribution is 2.33. The average molecular weight is 452 g/mol. The SMILES string of the molecule is Cc1ccnnc1N(C(=O)C1CNC1)c1ccc(C2CCN(C(=O)OC(C)(C)C)CC2)cc1. The predicted molar refractivity (Wildman–Crippen MR) is 126 cm³/mol. The minimum Gasteiger partial charge on any atom is -0.444 e. The van der Waals surface area contributed by atoms with Crippen molar-refractivity contribution in [2.45, 2.75) is 52.1 Å².